The van der Waals surface area contributed by atoms with Crippen LogP contribution in [0.5, 0.6) is 0 Å². The molecule has 122 valence electrons. The summed E-state index contributed by atoms with van der Waals surface area (Å²) in [6, 6.07) is 9.48. The number of carbonyl (C=O) groups is 2. The maximum atomic E-state index is 12.5. The van der Waals surface area contributed by atoms with Gasteiger partial charge in [-0.25, -0.2) is 0 Å². The lowest BCUT2D eigenvalue weighted by atomic mass is 10.1. The van der Waals surface area contributed by atoms with Crippen LogP contribution in [0.15, 0.2) is 30.3 Å². The summed E-state index contributed by atoms with van der Waals surface area (Å²) in [5.41, 5.74) is 1.04. The van der Waals surface area contributed by atoms with Crippen molar-refractivity contribution in [1.29, 1.82) is 0 Å². The van der Waals surface area contributed by atoms with Crippen molar-refractivity contribution in [2.45, 2.75) is 65.6 Å². The van der Waals surface area contributed by atoms with E-state index in [1.165, 1.54) is 0 Å². The highest BCUT2D eigenvalue weighted by molar-refractivity contribution is 5.87. The van der Waals surface area contributed by atoms with Gasteiger partial charge in [0.2, 0.25) is 11.8 Å². The van der Waals surface area contributed by atoms with Gasteiger partial charge in [-0.05, 0) is 32.3 Å². The van der Waals surface area contributed by atoms with Gasteiger partial charge in [0.25, 0.3) is 0 Å². The Morgan fingerprint density at radius 3 is 2.27 bits per heavy atom. The molecule has 2 amide bonds. The molecule has 0 saturated heterocycles. The van der Waals surface area contributed by atoms with Gasteiger partial charge < -0.3 is 10.2 Å². The quantitative estimate of drug-likeness (QED) is 0.802. The molecule has 0 spiro atoms. The Bertz CT molecular complexity index is 471. The minimum Gasteiger partial charge on any atom is -0.352 e. The van der Waals surface area contributed by atoms with Crippen LogP contribution in [0.1, 0.15) is 52.5 Å². The average Bonchev–Trinajstić information content (AvgIpc) is 2.47. The lowest BCUT2D eigenvalue weighted by Gasteiger charge is -2.31. The van der Waals surface area contributed by atoms with Gasteiger partial charge in [0.1, 0.15) is 6.04 Å². The van der Waals surface area contributed by atoms with Crippen molar-refractivity contribution >= 4 is 11.8 Å². The van der Waals surface area contributed by atoms with Gasteiger partial charge in [0.15, 0.2) is 0 Å². The SMILES string of the molecule is CCCC(=O)N(Cc1ccccc1)[C@H](CC)C(=O)NC(C)C. The van der Waals surface area contributed by atoms with Crippen LogP contribution in [0.25, 0.3) is 0 Å². The average molecular weight is 304 g/mol. The van der Waals surface area contributed by atoms with Crippen molar-refractivity contribution in [3.05, 3.63) is 35.9 Å². The Balaban J connectivity index is 2.96. The molecule has 0 saturated carbocycles. The highest BCUT2D eigenvalue weighted by Crippen LogP contribution is 2.14. The standard InChI is InChI=1S/C18H28N2O2/c1-5-10-17(21)20(13-15-11-8-7-9-12-15)16(6-2)18(22)19-14(3)4/h7-9,11-12,14,16H,5-6,10,13H2,1-4H3,(H,19,22)/t16-/m1/s1. The van der Waals surface area contributed by atoms with E-state index in [1.54, 1.807) is 4.90 Å². The van der Waals surface area contributed by atoms with E-state index in [2.05, 4.69) is 5.32 Å². The van der Waals surface area contributed by atoms with Crippen molar-refractivity contribution in [2.24, 2.45) is 0 Å². The first-order chi connectivity index (χ1) is 10.5. The molecule has 0 aliphatic heterocycles. The predicted molar refractivity (Wildman–Crippen MR) is 89.3 cm³/mol. The number of amides is 2. The Hall–Kier alpha value is -1.84. The first-order valence-electron chi connectivity index (χ1n) is 8.13. The van der Waals surface area contributed by atoms with E-state index in [0.717, 1.165) is 12.0 Å². The van der Waals surface area contributed by atoms with Gasteiger partial charge in [-0.2, -0.15) is 0 Å². The van der Waals surface area contributed by atoms with Gasteiger partial charge in [0, 0.05) is 19.0 Å². The van der Waals surface area contributed by atoms with Crippen LogP contribution >= 0.6 is 0 Å². The fourth-order valence-electron chi connectivity index (χ4n) is 2.44. The second kappa shape index (κ2) is 9.23. The summed E-state index contributed by atoms with van der Waals surface area (Å²) in [5.74, 6) is -0.0324. The molecule has 0 fully saturated rings. The van der Waals surface area contributed by atoms with E-state index < -0.39 is 6.04 Å². The molecule has 1 aromatic rings. The van der Waals surface area contributed by atoms with Crippen molar-refractivity contribution in [1.82, 2.24) is 10.2 Å². The number of nitrogens with zero attached hydrogens (tertiary/aromatic N) is 1. The highest BCUT2D eigenvalue weighted by atomic mass is 16.2. The summed E-state index contributed by atoms with van der Waals surface area (Å²) in [4.78, 5) is 26.6. The second-order valence-electron chi connectivity index (χ2n) is 5.84. The molecule has 1 rings (SSSR count). The van der Waals surface area contributed by atoms with E-state index in [-0.39, 0.29) is 17.9 Å². The number of benzene rings is 1. The molecule has 1 aromatic carbocycles. The number of rotatable bonds is 8. The van der Waals surface area contributed by atoms with E-state index >= 15 is 0 Å². The Kier molecular flexibility index (Phi) is 7.64. The molecule has 4 heteroatoms. The molecule has 0 aromatic heterocycles. The van der Waals surface area contributed by atoms with E-state index in [4.69, 9.17) is 0 Å². The molecule has 0 bridgehead atoms. The van der Waals surface area contributed by atoms with Gasteiger partial charge in [-0.3, -0.25) is 9.59 Å². The third-order valence-electron chi connectivity index (χ3n) is 3.48. The van der Waals surface area contributed by atoms with E-state index in [0.29, 0.717) is 19.4 Å². The van der Waals surface area contributed by atoms with Crippen LogP contribution in [0.4, 0.5) is 0 Å². The number of hydrogen-bond acceptors (Lipinski definition) is 2. The summed E-state index contributed by atoms with van der Waals surface area (Å²) in [5, 5.41) is 2.92. The van der Waals surface area contributed by atoms with E-state index in [1.807, 2.05) is 58.0 Å². The Morgan fingerprint density at radius 2 is 1.77 bits per heavy atom. The number of carbonyl (C=O) groups excluding carboxylic acids is 2. The first-order valence-corrected chi connectivity index (χ1v) is 8.13. The fourth-order valence-corrected chi connectivity index (χ4v) is 2.44. The van der Waals surface area contributed by atoms with Crippen LogP contribution in [0.2, 0.25) is 0 Å². The molecule has 0 aliphatic rings. The smallest absolute Gasteiger partial charge is 0.243 e. The lowest BCUT2D eigenvalue weighted by molar-refractivity contribution is -0.141. The van der Waals surface area contributed by atoms with Crippen LogP contribution in [0, 0.1) is 0 Å². The summed E-state index contributed by atoms with van der Waals surface area (Å²) < 4.78 is 0. The monoisotopic (exact) mass is 304 g/mol. The maximum absolute atomic E-state index is 12.5. The minimum absolute atomic E-state index is 0.0390. The normalized spacial score (nSPS) is 12.0. The molecule has 1 N–H and O–H groups in total. The maximum Gasteiger partial charge on any atom is 0.243 e. The molecule has 0 heterocycles. The third-order valence-corrected chi connectivity index (χ3v) is 3.48. The van der Waals surface area contributed by atoms with Gasteiger partial charge >= 0.3 is 0 Å². The Labute approximate surface area is 133 Å². The predicted octanol–water partition coefficient (Wildman–Crippen LogP) is 3.12. The highest BCUT2D eigenvalue weighted by Gasteiger charge is 2.28. The van der Waals surface area contributed by atoms with Crippen molar-refractivity contribution in [3.8, 4) is 0 Å². The topological polar surface area (TPSA) is 49.4 Å². The van der Waals surface area contributed by atoms with Gasteiger partial charge in [0.05, 0.1) is 0 Å². The zero-order valence-electron chi connectivity index (χ0n) is 14.1. The summed E-state index contributed by atoms with van der Waals surface area (Å²) in [6.07, 6.45) is 1.87. The lowest BCUT2D eigenvalue weighted by Crippen LogP contribution is -2.50. The molecule has 0 aliphatic carbocycles. The van der Waals surface area contributed by atoms with Crippen LogP contribution in [-0.2, 0) is 16.1 Å². The molecule has 1 atom stereocenters. The zero-order chi connectivity index (χ0) is 16.5. The second-order valence-corrected chi connectivity index (χ2v) is 5.84. The molecular formula is C18H28N2O2. The largest absolute Gasteiger partial charge is 0.352 e. The van der Waals surface area contributed by atoms with Crippen molar-refractivity contribution in [3.63, 3.8) is 0 Å². The van der Waals surface area contributed by atoms with Gasteiger partial charge in [-0.15, -0.1) is 0 Å². The summed E-state index contributed by atoms with van der Waals surface area (Å²) in [7, 11) is 0. The van der Waals surface area contributed by atoms with Crippen LogP contribution in [0.3, 0.4) is 0 Å². The molecule has 4 nitrogen and oxygen atoms in total. The fraction of sp³-hybridized carbons (Fsp3) is 0.556. The molecule has 0 radical (unpaired) electrons. The van der Waals surface area contributed by atoms with Crippen molar-refractivity contribution in [2.75, 3.05) is 0 Å². The van der Waals surface area contributed by atoms with E-state index in [9.17, 15) is 9.59 Å². The van der Waals surface area contributed by atoms with Crippen LogP contribution in [-0.4, -0.2) is 28.8 Å². The first kappa shape index (κ1) is 18.2. The third kappa shape index (κ3) is 5.51. The van der Waals surface area contributed by atoms with Crippen LogP contribution < -0.4 is 5.32 Å². The minimum atomic E-state index is -0.415. The Morgan fingerprint density at radius 1 is 1.14 bits per heavy atom. The molecule has 22 heavy (non-hydrogen) atoms. The summed E-state index contributed by atoms with van der Waals surface area (Å²) >= 11 is 0. The molecular weight excluding hydrogens is 276 g/mol. The van der Waals surface area contributed by atoms with Gasteiger partial charge in [-0.1, -0.05) is 44.2 Å². The zero-order valence-corrected chi connectivity index (χ0v) is 14.1. The number of hydrogen-bond donors (Lipinski definition) is 1. The van der Waals surface area contributed by atoms with Crippen molar-refractivity contribution < 1.29 is 9.59 Å². The number of nitrogens with one attached hydrogen (secondary N) is 1. The molecule has 0 unspecified atom stereocenters. The summed E-state index contributed by atoms with van der Waals surface area (Å²) in [6.45, 7) is 8.26.